The summed E-state index contributed by atoms with van der Waals surface area (Å²) in [7, 11) is 0. The van der Waals surface area contributed by atoms with Gasteiger partial charge in [0.1, 0.15) is 5.75 Å². The molecule has 1 aliphatic carbocycles. The van der Waals surface area contributed by atoms with Gasteiger partial charge >= 0.3 is 5.97 Å². The highest BCUT2D eigenvalue weighted by molar-refractivity contribution is 5.94. The van der Waals surface area contributed by atoms with Crippen molar-refractivity contribution in [2.45, 2.75) is 12.3 Å². The Labute approximate surface area is 116 Å². The predicted molar refractivity (Wildman–Crippen MR) is 76.2 cm³/mol. The molecule has 0 aromatic heterocycles. The highest BCUT2D eigenvalue weighted by Gasteiger charge is 2.25. The molecule has 1 aliphatic rings. The number of carboxylic acid groups (broad SMARTS) is 1. The Hall–Kier alpha value is -2.49. The summed E-state index contributed by atoms with van der Waals surface area (Å²) in [4.78, 5) is 11.0. The summed E-state index contributed by atoms with van der Waals surface area (Å²) >= 11 is 0. The van der Waals surface area contributed by atoms with E-state index in [-0.39, 0.29) is 11.3 Å². The Balaban J connectivity index is 1.68. The van der Waals surface area contributed by atoms with Crippen molar-refractivity contribution in [1.82, 2.24) is 0 Å². The second kappa shape index (κ2) is 4.89. The molecule has 0 saturated heterocycles. The summed E-state index contributed by atoms with van der Waals surface area (Å²) in [5, 5.41) is 9.02. The van der Waals surface area contributed by atoms with Crippen LogP contribution in [-0.2, 0) is 6.42 Å². The maximum Gasteiger partial charge on any atom is 0.337 e. The monoisotopic (exact) mass is 269 g/mol. The molecule has 4 nitrogen and oxygen atoms in total. The van der Waals surface area contributed by atoms with Crippen molar-refractivity contribution in [3.05, 3.63) is 59.2 Å². The minimum absolute atomic E-state index is 0.0801. The number of hydrogen-bond acceptors (Lipinski definition) is 3. The third-order valence-electron chi connectivity index (χ3n) is 3.67. The second-order valence-electron chi connectivity index (χ2n) is 4.97. The third-order valence-corrected chi connectivity index (χ3v) is 3.67. The summed E-state index contributed by atoms with van der Waals surface area (Å²) in [5.41, 5.74) is 8.63. The first kappa shape index (κ1) is 12.5. The predicted octanol–water partition coefficient (Wildman–Crippen LogP) is 2.69. The Morgan fingerprint density at radius 2 is 2.10 bits per heavy atom. The van der Waals surface area contributed by atoms with Crippen molar-refractivity contribution in [3.8, 4) is 5.75 Å². The molecule has 3 rings (SSSR count). The molecule has 0 fully saturated rings. The maximum atomic E-state index is 11.0. The van der Waals surface area contributed by atoms with Crippen molar-refractivity contribution in [2.75, 3.05) is 12.3 Å². The summed E-state index contributed by atoms with van der Waals surface area (Å²) in [6.07, 6.45) is 1.01. The number of nitrogens with two attached hydrogens (primary N) is 1. The van der Waals surface area contributed by atoms with Crippen LogP contribution < -0.4 is 10.5 Å². The molecular weight excluding hydrogens is 254 g/mol. The van der Waals surface area contributed by atoms with Crippen LogP contribution in [0.15, 0.2) is 42.5 Å². The molecule has 0 aliphatic heterocycles. The number of fused-ring (bicyclic) bond motifs is 1. The largest absolute Gasteiger partial charge is 0.493 e. The molecule has 20 heavy (non-hydrogen) atoms. The Bertz CT molecular complexity index is 667. The fourth-order valence-electron chi connectivity index (χ4n) is 2.52. The minimum Gasteiger partial charge on any atom is -0.493 e. The van der Waals surface area contributed by atoms with Gasteiger partial charge in [-0.3, -0.25) is 0 Å². The number of hydrogen-bond donors (Lipinski definition) is 2. The molecule has 4 heteroatoms. The summed E-state index contributed by atoms with van der Waals surface area (Å²) in [6, 6.07) is 13.0. The molecule has 0 heterocycles. The molecule has 0 spiro atoms. The molecule has 0 radical (unpaired) electrons. The SMILES string of the molecule is Nc1ccc(OCC2Cc3ccccc32)cc1C(=O)O. The van der Waals surface area contributed by atoms with E-state index >= 15 is 0 Å². The zero-order valence-corrected chi connectivity index (χ0v) is 10.9. The lowest BCUT2D eigenvalue weighted by atomic mass is 9.78. The van der Waals surface area contributed by atoms with E-state index in [0.29, 0.717) is 18.3 Å². The maximum absolute atomic E-state index is 11.0. The second-order valence-corrected chi connectivity index (χ2v) is 4.97. The molecule has 1 atom stereocenters. The van der Waals surface area contributed by atoms with Crippen LogP contribution in [0.5, 0.6) is 5.75 Å². The molecule has 1 unspecified atom stereocenters. The minimum atomic E-state index is -1.04. The van der Waals surface area contributed by atoms with E-state index in [1.807, 2.05) is 12.1 Å². The standard InChI is InChI=1S/C16H15NO3/c17-15-6-5-12(8-14(15)16(18)19)20-9-11-7-10-3-1-2-4-13(10)11/h1-6,8,11H,7,9,17H2,(H,18,19). The fourth-order valence-corrected chi connectivity index (χ4v) is 2.52. The lowest BCUT2D eigenvalue weighted by Gasteiger charge is -2.29. The van der Waals surface area contributed by atoms with Crippen LogP contribution in [0, 0.1) is 0 Å². The number of nitrogen functional groups attached to an aromatic ring is 1. The van der Waals surface area contributed by atoms with Gasteiger partial charge in [-0.15, -0.1) is 0 Å². The number of ether oxygens (including phenoxy) is 1. The van der Waals surface area contributed by atoms with Gasteiger partial charge in [-0.1, -0.05) is 24.3 Å². The van der Waals surface area contributed by atoms with Crippen LogP contribution in [0.1, 0.15) is 27.4 Å². The van der Waals surface area contributed by atoms with Crippen LogP contribution in [0.25, 0.3) is 0 Å². The third kappa shape index (κ3) is 2.20. The first-order chi connectivity index (χ1) is 9.65. The van der Waals surface area contributed by atoms with E-state index in [1.165, 1.54) is 17.2 Å². The average molecular weight is 269 g/mol. The first-order valence-electron chi connectivity index (χ1n) is 6.48. The molecule has 0 amide bonds. The molecule has 2 aromatic carbocycles. The normalized spacial score (nSPS) is 16.1. The highest BCUT2D eigenvalue weighted by Crippen LogP contribution is 2.35. The molecule has 3 N–H and O–H groups in total. The van der Waals surface area contributed by atoms with Gasteiger partial charge < -0.3 is 15.6 Å². The molecule has 0 bridgehead atoms. The number of anilines is 1. The van der Waals surface area contributed by atoms with Gasteiger partial charge in [-0.25, -0.2) is 4.79 Å². The number of aromatic carboxylic acids is 1. The van der Waals surface area contributed by atoms with Gasteiger partial charge in [-0.05, 0) is 35.7 Å². The topological polar surface area (TPSA) is 72.5 Å². The Morgan fingerprint density at radius 3 is 2.85 bits per heavy atom. The van der Waals surface area contributed by atoms with Crippen molar-refractivity contribution in [1.29, 1.82) is 0 Å². The van der Waals surface area contributed by atoms with Crippen LogP contribution in [-0.4, -0.2) is 17.7 Å². The van der Waals surface area contributed by atoms with Crippen LogP contribution >= 0.6 is 0 Å². The number of benzene rings is 2. The smallest absolute Gasteiger partial charge is 0.337 e. The van der Waals surface area contributed by atoms with E-state index in [9.17, 15) is 4.79 Å². The number of rotatable bonds is 4. The molecular formula is C16H15NO3. The van der Waals surface area contributed by atoms with E-state index < -0.39 is 5.97 Å². The van der Waals surface area contributed by atoms with Gasteiger partial charge in [-0.2, -0.15) is 0 Å². The summed E-state index contributed by atoms with van der Waals surface area (Å²) in [5.74, 6) is -0.111. The Morgan fingerprint density at radius 1 is 1.30 bits per heavy atom. The van der Waals surface area contributed by atoms with Crippen molar-refractivity contribution >= 4 is 11.7 Å². The molecule has 0 saturated carbocycles. The molecule has 102 valence electrons. The summed E-state index contributed by atoms with van der Waals surface area (Å²) in [6.45, 7) is 0.556. The zero-order chi connectivity index (χ0) is 14.1. The van der Waals surface area contributed by atoms with Crippen LogP contribution in [0.2, 0.25) is 0 Å². The van der Waals surface area contributed by atoms with Gasteiger partial charge in [0.25, 0.3) is 0 Å². The van der Waals surface area contributed by atoms with E-state index in [2.05, 4.69) is 12.1 Å². The number of carbonyl (C=O) groups is 1. The van der Waals surface area contributed by atoms with Crippen molar-refractivity contribution in [3.63, 3.8) is 0 Å². The van der Waals surface area contributed by atoms with E-state index in [4.69, 9.17) is 15.6 Å². The van der Waals surface area contributed by atoms with Gasteiger partial charge in [0.2, 0.25) is 0 Å². The van der Waals surface area contributed by atoms with Crippen molar-refractivity contribution < 1.29 is 14.6 Å². The molecule has 2 aromatic rings. The average Bonchev–Trinajstić information content (AvgIpc) is 2.41. The quantitative estimate of drug-likeness (QED) is 0.837. The first-order valence-corrected chi connectivity index (χ1v) is 6.48. The van der Waals surface area contributed by atoms with Crippen LogP contribution in [0.4, 0.5) is 5.69 Å². The van der Waals surface area contributed by atoms with Crippen molar-refractivity contribution in [2.24, 2.45) is 0 Å². The zero-order valence-electron chi connectivity index (χ0n) is 10.9. The Kier molecular flexibility index (Phi) is 3.06. The van der Waals surface area contributed by atoms with E-state index in [0.717, 1.165) is 6.42 Å². The number of carboxylic acids is 1. The van der Waals surface area contributed by atoms with Crippen LogP contribution in [0.3, 0.4) is 0 Å². The van der Waals surface area contributed by atoms with E-state index in [1.54, 1.807) is 12.1 Å². The lowest BCUT2D eigenvalue weighted by molar-refractivity contribution is 0.0697. The summed E-state index contributed by atoms with van der Waals surface area (Å²) < 4.78 is 5.69. The highest BCUT2D eigenvalue weighted by atomic mass is 16.5. The van der Waals surface area contributed by atoms with Gasteiger partial charge in [0.15, 0.2) is 0 Å². The van der Waals surface area contributed by atoms with Gasteiger partial charge in [0.05, 0.1) is 12.2 Å². The lowest BCUT2D eigenvalue weighted by Crippen LogP contribution is -2.23. The van der Waals surface area contributed by atoms with Gasteiger partial charge in [0, 0.05) is 11.6 Å². The fraction of sp³-hybridized carbons (Fsp3) is 0.188.